The molecule has 0 aromatic heterocycles. The fraction of sp³-hybridized carbons (Fsp3) is 0.286. The van der Waals surface area contributed by atoms with Crippen LogP contribution in [0.1, 0.15) is 18.4 Å². The Bertz CT molecular complexity index is 430. The average Bonchev–Trinajstić information content (AvgIpc) is 3.19. The summed E-state index contributed by atoms with van der Waals surface area (Å²) in [6, 6.07) is 9.43. The molecule has 0 aliphatic heterocycles. The molecule has 0 bridgehead atoms. The highest BCUT2D eigenvalue weighted by molar-refractivity contribution is 5.98. The number of hydrogen-bond donors (Lipinski definition) is 0. The van der Waals surface area contributed by atoms with Crippen molar-refractivity contribution in [3.8, 4) is 0 Å². The van der Waals surface area contributed by atoms with Crippen molar-refractivity contribution in [2.45, 2.75) is 19.4 Å². The number of allylic oxidation sites excluding steroid dienone is 1. The summed E-state index contributed by atoms with van der Waals surface area (Å²) in [6.45, 7) is 0.238. The molecule has 0 atom stereocenters. The van der Waals surface area contributed by atoms with E-state index < -0.39 is 5.97 Å². The largest absolute Gasteiger partial charge is 0.458 e. The molecule has 0 amide bonds. The van der Waals surface area contributed by atoms with Gasteiger partial charge in [0.25, 0.3) is 0 Å². The molecule has 0 radical (unpaired) electrons. The molecule has 1 saturated carbocycles. The van der Waals surface area contributed by atoms with Crippen molar-refractivity contribution in [1.29, 1.82) is 0 Å². The van der Waals surface area contributed by atoms with Crippen molar-refractivity contribution < 1.29 is 14.3 Å². The maximum atomic E-state index is 11.3. The number of esters is 1. The number of ketones is 1. The summed E-state index contributed by atoms with van der Waals surface area (Å²) >= 11 is 0. The van der Waals surface area contributed by atoms with Gasteiger partial charge in [-0.15, -0.1) is 0 Å². The summed E-state index contributed by atoms with van der Waals surface area (Å²) in [5.41, 5.74) is 0.933. The SMILES string of the molecule is O=C(/C=C\C(=O)C1CC1)OCc1ccccc1. The molecule has 1 aliphatic carbocycles. The molecular formula is C14H14O3. The molecule has 3 nitrogen and oxygen atoms in total. The molecule has 0 heterocycles. The van der Waals surface area contributed by atoms with Crippen molar-refractivity contribution in [1.82, 2.24) is 0 Å². The van der Waals surface area contributed by atoms with Gasteiger partial charge in [0, 0.05) is 12.0 Å². The van der Waals surface area contributed by atoms with Gasteiger partial charge < -0.3 is 4.74 Å². The molecule has 0 spiro atoms. The smallest absolute Gasteiger partial charge is 0.331 e. The fourth-order valence-corrected chi connectivity index (χ4v) is 1.43. The second kappa shape index (κ2) is 5.43. The van der Waals surface area contributed by atoms with E-state index >= 15 is 0 Å². The first-order valence-corrected chi connectivity index (χ1v) is 5.68. The first-order valence-electron chi connectivity index (χ1n) is 5.68. The highest BCUT2D eigenvalue weighted by atomic mass is 16.5. The van der Waals surface area contributed by atoms with E-state index in [1.807, 2.05) is 30.3 Å². The molecule has 0 unspecified atom stereocenters. The zero-order valence-corrected chi connectivity index (χ0v) is 9.46. The minimum Gasteiger partial charge on any atom is -0.458 e. The molecule has 0 saturated heterocycles. The van der Waals surface area contributed by atoms with E-state index in [-0.39, 0.29) is 18.3 Å². The Hall–Kier alpha value is -1.90. The number of rotatable bonds is 5. The monoisotopic (exact) mass is 230 g/mol. The maximum Gasteiger partial charge on any atom is 0.331 e. The van der Waals surface area contributed by atoms with Gasteiger partial charge in [0.15, 0.2) is 5.78 Å². The number of benzene rings is 1. The van der Waals surface area contributed by atoms with Crippen LogP contribution in [0.2, 0.25) is 0 Å². The lowest BCUT2D eigenvalue weighted by atomic mass is 10.2. The second-order valence-corrected chi connectivity index (χ2v) is 4.10. The Morgan fingerprint density at radius 3 is 2.53 bits per heavy atom. The predicted molar refractivity (Wildman–Crippen MR) is 63.1 cm³/mol. The van der Waals surface area contributed by atoms with Crippen LogP contribution in [0, 0.1) is 5.92 Å². The van der Waals surface area contributed by atoms with Gasteiger partial charge >= 0.3 is 5.97 Å². The van der Waals surface area contributed by atoms with Crippen LogP contribution in [0.5, 0.6) is 0 Å². The van der Waals surface area contributed by atoms with Crippen LogP contribution in [-0.2, 0) is 20.9 Å². The van der Waals surface area contributed by atoms with Gasteiger partial charge in [-0.2, -0.15) is 0 Å². The highest BCUT2D eigenvalue weighted by Crippen LogP contribution is 2.29. The first kappa shape index (κ1) is 11.6. The fourth-order valence-electron chi connectivity index (χ4n) is 1.43. The zero-order chi connectivity index (χ0) is 12.1. The Kier molecular flexibility index (Phi) is 3.70. The van der Waals surface area contributed by atoms with Crippen molar-refractivity contribution in [3.63, 3.8) is 0 Å². The molecule has 2 rings (SSSR count). The van der Waals surface area contributed by atoms with E-state index in [0.717, 1.165) is 18.4 Å². The summed E-state index contributed by atoms with van der Waals surface area (Å²) < 4.78 is 5.00. The Balaban J connectivity index is 1.75. The van der Waals surface area contributed by atoms with Gasteiger partial charge in [0.05, 0.1) is 0 Å². The molecule has 1 aliphatic rings. The molecule has 1 aromatic carbocycles. The zero-order valence-electron chi connectivity index (χ0n) is 9.46. The normalized spacial score (nSPS) is 14.8. The second-order valence-electron chi connectivity index (χ2n) is 4.10. The predicted octanol–water partition coefficient (Wildman–Crippen LogP) is 2.27. The summed E-state index contributed by atoms with van der Waals surface area (Å²) in [5.74, 6) is -0.294. The minimum absolute atomic E-state index is 0.0293. The van der Waals surface area contributed by atoms with Gasteiger partial charge in [-0.05, 0) is 24.5 Å². The number of carbonyl (C=O) groups excluding carboxylic acids is 2. The third-order valence-electron chi connectivity index (χ3n) is 2.59. The van der Waals surface area contributed by atoms with E-state index in [9.17, 15) is 9.59 Å². The average molecular weight is 230 g/mol. The van der Waals surface area contributed by atoms with Gasteiger partial charge in [-0.3, -0.25) is 4.79 Å². The van der Waals surface area contributed by atoms with E-state index in [2.05, 4.69) is 0 Å². The molecule has 88 valence electrons. The van der Waals surface area contributed by atoms with Gasteiger partial charge in [0.1, 0.15) is 6.61 Å². The topological polar surface area (TPSA) is 43.4 Å². The van der Waals surface area contributed by atoms with Crippen molar-refractivity contribution in [2.24, 2.45) is 5.92 Å². The molecular weight excluding hydrogens is 216 g/mol. The van der Waals surface area contributed by atoms with Gasteiger partial charge in [-0.1, -0.05) is 30.3 Å². The van der Waals surface area contributed by atoms with E-state index in [1.54, 1.807) is 0 Å². The number of carbonyl (C=O) groups is 2. The van der Waals surface area contributed by atoms with Crippen LogP contribution in [0.3, 0.4) is 0 Å². The van der Waals surface area contributed by atoms with E-state index in [1.165, 1.54) is 12.2 Å². The molecule has 17 heavy (non-hydrogen) atoms. The minimum atomic E-state index is -0.470. The summed E-state index contributed by atoms with van der Waals surface area (Å²) in [5, 5.41) is 0. The highest BCUT2D eigenvalue weighted by Gasteiger charge is 2.27. The maximum absolute atomic E-state index is 11.3. The van der Waals surface area contributed by atoms with Crippen LogP contribution in [0.4, 0.5) is 0 Å². The summed E-state index contributed by atoms with van der Waals surface area (Å²) in [7, 11) is 0. The summed E-state index contributed by atoms with van der Waals surface area (Å²) in [6.07, 6.45) is 4.43. The third kappa shape index (κ3) is 3.87. The lowest BCUT2D eigenvalue weighted by Gasteiger charge is -2.01. The number of hydrogen-bond acceptors (Lipinski definition) is 3. The van der Waals surface area contributed by atoms with Crippen LogP contribution < -0.4 is 0 Å². The Morgan fingerprint density at radius 2 is 1.88 bits per heavy atom. The summed E-state index contributed by atoms with van der Waals surface area (Å²) in [4.78, 5) is 22.6. The van der Waals surface area contributed by atoms with Crippen LogP contribution >= 0.6 is 0 Å². The quantitative estimate of drug-likeness (QED) is 0.575. The van der Waals surface area contributed by atoms with Gasteiger partial charge in [0.2, 0.25) is 0 Å². The van der Waals surface area contributed by atoms with Crippen molar-refractivity contribution in [2.75, 3.05) is 0 Å². The molecule has 0 N–H and O–H groups in total. The lowest BCUT2D eigenvalue weighted by molar-refractivity contribution is -0.139. The molecule has 1 fully saturated rings. The van der Waals surface area contributed by atoms with Crippen LogP contribution in [0.15, 0.2) is 42.5 Å². The van der Waals surface area contributed by atoms with E-state index in [4.69, 9.17) is 4.74 Å². The molecule has 1 aromatic rings. The van der Waals surface area contributed by atoms with Crippen LogP contribution in [0.25, 0.3) is 0 Å². The standard InChI is InChI=1S/C14H14O3/c15-13(12-6-7-12)8-9-14(16)17-10-11-4-2-1-3-5-11/h1-5,8-9,12H,6-7,10H2/b9-8-. The third-order valence-corrected chi connectivity index (χ3v) is 2.59. The van der Waals surface area contributed by atoms with E-state index in [0.29, 0.717) is 0 Å². The van der Waals surface area contributed by atoms with Crippen molar-refractivity contribution >= 4 is 11.8 Å². The van der Waals surface area contributed by atoms with Gasteiger partial charge in [-0.25, -0.2) is 4.79 Å². The number of ether oxygens (including phenoxy) is 1. The van der Waals surface area contributed by atoms with Crippen molar-refractivity contribution in [3.05, 3.63) is 48.0 Å². The Labute approximate surface area is 100 Å². The van der Waals surface area contributed by atoms with Crippen LogP contribution in [-0.4, -0.2) is 11.8 Å². The molecule has 3 heteroatoms. The Morgan fingerprint density at radius 1 is 1.18 bits per heavy atom. The lowest BCUT2D eigenvalue weighted by Crippen LogP contribution is -2.02. The first-order chi connectivity index (χ1) is 8.25.